The lowest BCUT2D eigenvalue weighted by atomic mass is 9.89. The summed E-state index contributed by atoms with van der Waals surface area (Å²) in [6.45, 7) is 6.46. The third-order valence-corrected chi connectivity index (χ3v) is 5.23. The molecule has 0 spiro atoms. The van der Waals surface area contributed by atoms with Gasteiger partial charge in [-0.1, -0.05) is 23.4 Å². The highest BCUT2D eigenvalue weighted by Crippen LogP contribution is 2.23. The highest BCUT2D eigenvalue weighted by Gasteiger charge is 2.37. The number of hydrogen-bond acceptors (Lipinski definition) is 5. The molecular weight excluding hydrogens is 335 g/mol. The fraction of sp³-hybridized carbons (Fsp3) is 0.500. The van der Waals surface area contributed by atoms with Crippen LogP contribution in [0.25, 0.3) is 0 Å². The molecule has 0 bridgehead atoms. The van der Waals surface area contributed by atoms with Crippen molar-refractivity contribution in [3.8, 4) is 0 Å². The van der Waals surface area contributed by atoms with E-state index in [1.165, 1.54) is 10.7 Å². The SMILES string of the molecule is CC1NNC(C)C1C(C)N(C)C(=O)c1cn(Cc2ccccc2F)nn1. The molecule has 1 aliphatic heterocycles. The molecule has 2 heterocycles. The van der Waals surface area contributed by atoms with Crippen molar-refractivity contribution in [3.63, 3.8) is 0 Å². The quantitative estimate of drug-likeness (QED) is 0.844. The fourth-order valence-electron chi connectivity index (χ4n) is 3.62. The summed E-state index contributed by atoms with van der Waals surface area (Å²) < 4.78 is 15.3. The van der Waals surface area contributed by atoms with Crippen LogP contribution in [-0.4, -0.2) is 51.0 Å². The third kappa shape index (κ3) is 3.61. The van der Waals surface area contributed by atoms with Gasteiger partial charge in [-0.05, 0) is 26.8 Å². The Labute approximate surface area is 152 Å². The molecular formula is C18H25FN6O. The molecule has 3 unspecified atom stereocenters. The van der Waals surface area contributed by atoms with Crippen molar-refractivity contribution >= 4 is 5.91 Å². The Kier molecular flexibility index (Phi) is 5.33. The molecule has 8 heteroatoms. The largest absolute Gasteiger partial charge is 0.337 e. The smallest absolute Gasteiger partial charge is 0.276 e. The molecule has 3 rings (SSSR count). The number of rotatable bonds is 5. The number of hydrogen-bond donors (Lipinski definition) is 2. The van der Waals surface area contributed by atoms with Crippen molar-refractivity contribution < 1.29 is 9.18 Å². The monoisotopic (exact) mass is 360 g/mol. The Balaban J connectivity index is 1.70. The molecule has 1 saturated heterocycles. The maximum atomic E-state index is 13.8. The maximum absolute atomic E-state index is 13.8. The van der Waals surface area contributed by atoms with E-state index < -0.39 is 0 Å². The zero-order valence-electron chi connectivity index (χ0n) is 15.5. The highest BCUT2D eigenvalue weighted by molar-refractivity contribution is 5.92. The predicted molar refractivity (Wildman–Crippen MR) is 95.8 cm³/mol. The first-order valence-electron chi connectivity index (χ1n) is 8.80. The summed E-state index contributed by atoms with van der Waals surface area (Å²) in [6, 6.07) is 7.03. The van der Waals surface area contributed by atoms with Crippen LogP contribution < -0.4 is 10.9 Å². The van der Waals surface area contributed by atoms with Crippen LogP contribution >= 0.6 is 0 Å². The van der Waals surface area contributed by atoms with Crippen LogP contribution in [0.1, 0.15) is 36.8 Å². The number of amides is 1. The van der Waals surface area contributed by atoms with E-state index in [0.717, 1.165) is 0 Å². The number of nitrogens with zero attached hydrogens (tertiary/aromatic N) is 4. The summed E-state index contributed by atoms with van der Waals surface area (Å²) in [5, 5.41) is 7.95. The maximum Gasteiger partial charge on any atom is 0.276 e. The Morgan fingerprint density at radius 1 is 1.31 bits per heavy atom. The summed E-state index contributed by atoms with van der Waals surface area (Å²) in [6.07, 6.45) is 1.57. The molecule has 0 saturated carbocycles. The van der Waals surface area contributed by atoms with Crippen LogP contribution in [0.2, 0.25) is 0 Å². The normalized spacial score (nSPS) is 23.8. The van der Waals surface area contributed by atoms with E-state index in [9.17, 15) is 9.18 Å². The van der Waals surface area contributed by atoms with Gasteiger partial charge in [0.2, 0.25) is 0 Å². The molecule has 0 radical (unpaired) electrons. The minimum absolute atomic E-state index is 0.0201. The van der Waals surface area contributed by atoms with Crippen molar-refractivity contribution in [2.45, 2.75) is 45.4 Å². The molecule has 0 aliphatic carbocycles. The van der Waals surface area contributed by atoms with Crippen molar-refractivity contribution in [3.05, 3.63) is 47.5 Å². The van der Waals surface area contributed by atoms with Crippen molar-refractivity contribution in [1.82, 2.24) is 30.7 Å². The van der Waals surface area contributed by atoms with Gasteiger partial charge in [-0.3, -0.25) is 15.6 Å². The fourth-order valence-corrected chi connectivity index (χ4v) is 3.62. The number of hydrazine groups is 1. The summed E-state index contributed by atoms with van der Waals surface area (Å²) in [7, 11) is 1.78. The predicted octanol–water partition coefficient (Wildman–Crippen LogP) is 1.43. The first-order valence-corrected chi connectivity index (χ1v) is 8.80. The molecule has 26 heavy (non-hydrogen) atoms. The topological polar surface area (TPSA) is 75.1 Å². The number of nitrogens with one attached hydrogen (secondary N) is 2. The molecule has 1 fully saturated rings. The Bertz CT molecular complexity index is 769. The molecule has 7 nitrogen and oxygen atoms in total. The first-order chi connectivity index (χ1) is 12.4. The van der Waals surface area contributed by atoms with Crippen molar-refractivity contribution in [2.24, 2.45) is 5.92 Å². The number of carbonyl (C=O) groups excluding carboxylic acids is 1. The van der Waals surface area contributed by atoms with E-state index in [0.29, 0.717) is 5.56 Å². The van der Waals surface area contributed by atoms with Crippen LogP contribution in [-0.2, 0) is 6.54 Å². The van der Waals surface area contributed by atoms with E-state index in [1.54, 1.807) is 36.3 Å². The molecule has 1 amide bonds. The zero-order chi connectivity index (χ0) is 18.8. The van der Waals surface area contributed by atoms with Crippen LogP contribution in [0.5, 0.6) is 0 Å². The average Bonchev–Trinajstić information content (AvgIpc) is 3.22. The lowest BCUT2D eigenvalue weighted by Gasteiger charge is -2.32. The number of halogens is 1. The minimum atomic E-state index is -0.300. The van der Waals surface area contributed by atoms with Gasteiger partial charge in [0.1, 0.15) is 5.82 Å². The highest BCUT2D eigenvalue weighted by atomic mass is 19.1. The van der Waals surface area contributed by atoms with Gasteiger partial charge in [0.25, 0.3) is 5.91 Å². The summed E-state index contributed by atoms with van der Waals surface area (Å²) in [4.78, 5) is 14.5. The molecule has 1 aromatic heterocycles. The lowest BCUT2D eigenvalue weighted by Crippen LogP contribution is -2.46. The molecule has 140 valence electrons. The average molecular weight is 360 g/mol. The Morgan fingerprint density at radius 3 is 2.62 bits per heavy atom. The molecule has 2 N–H and O–H groups in total. The number of aromatic nitrogens is 3. The molecule has 3 atom stereocenters. The van der Waals surface area contributed by atoms with Crippen LogP contribution in [0.15, 0.2) is 30.5 Å². The summed E-state index contributed by atoms with van der Waals surface area (Å²) in [5.74, 6) is -0.216. The van der Waals surface area contributed by atoms with Crippen LogP contribution in [0.3, 0.4) is 0 Å². The van der Waals surface area contributed by atoms with Crippen molar-refractivity contribution in [2.75, 3.05) is 7.05 Å². The van der Waals surface area contributed by atoms with Gasteiger partial charge in [0.05, 0.1) is 12.7 Å². The lowest BCUT2D eigenvalue weighted by molar-refractivity contribution is 0.0673. The summed E-state index contributed by atoms with van der Waals surface area (Å²) >= 11 is 0. The standard InChI is InChI=1S/C18H25FN6O/c1-11-17(12(2)21-20-11)13(3)24(4)18(26)16-10-25(23-22-16)9-14-7-5-6-8-15(14)19/h5-8,10-13,17,20-21H,9H2,1-4H3. The second kappa shape index (κ2) is 7.51. The van der Waals surface area contributed by atoms with Gasteiger partial charge >= 0.3 is 0 Å². The first kappa shape index (κ1) is 18.5. The zero-order valence-corrected chi connectivity index (χ0v) is 15.5. The van der Waals surface area contributed by atoms with E-state index in [4.69, 9.17) is 0 Å². The van der Waals surface area contributed by atoms with Crippen LogP contribution in [0.4, 0.5) is 4.39 Å². The molecule has 1 aliphatic rings. The third-order valence-electron chi connectivity index (χ3n) is 5.23. The van der Waals surface area contributed by atoms with Gasteiger partial charge in [0, 0.05) is 36.7 Å². The van der Waals surface area contributed by atoms with E-state index in [-0.39, 0.29) is 48.0 Å². The summed E-state index contributed by atoms with van der Waals surface area (Å²) in [5.41, 5.74) is 7.19. The Morgan fingerprint density at radius 2 is 1.96 bits per heavy atom. The van der Waals surface area contributed by atoms with Gasteiger partial charge in [-0.25, -0.2) is 9.07 Å². The molecule has 1 aromatic carbocycles. The van der Waals surface area contributed by atoms with Crippen LogP contribution in [0, 0.1) is 11.7 Å². The molecule has 2 aromatic rings. The van der Waals surface area contributed by atoms with E-state index in [1.807, 2.05) is 6.92 Å². The van der Waals surface area contributed by atoms with E-state index >= 15 is 0 Å². The van der Waals surface area contributed by atoms with Gasteiger partial charge in [-0.2, -0.15) is 0 Å². The van der Waals surface area contributed by atoms with Gasteiger partial charge in [0.15, 0.2) is 5.69 Å². The number of benzene rings is 1. The van der Waals surface area contributed by atoms with E-state index in [2.05, 4.69) is 35.0 Å². The number of carbonyl (C=O) groups is 1. The van der Waals surface area contributed by atoms with Gasteiger partial charge in [-0.15, -0.1) is 5.10 Å². The van der Waals surface area contributed by atoms with Crippen molar-refractivity contribution in [1.29, 1.82) is 0 Å². The second-order valence-corrected chi connectivity index (χ2v) is 6.99. The minimum Gasteiger partial charge on any atom is -0.337 e. The second-order valence-electron chi connectivity index (χ2n) is 6.99. The Hall–Kier alpha value is -2.32. The van der Waals surface area contributed by atoms with Gasteiger partial charge < -0.3 is 4.90 Å².